The quantitative estimate of drug-likeness (QED) is 0.819. The highest BCUT2D eigenvalue weighted by Gasteiger charge is 2.24. The molecular weight excluding hydrogens is 236 g/mol. The molecule has 1 aromatic carbocycles. The third-order valence-electron chi connectivity index (χ3n) is 2.46. The van der Waals surface area contributed by atoms with E-state index in [4.69, 9.17) is 5.11 Å². The van der Waals surface area contributed by atoms with Crippen molar-refractivity contribution in [2.75, 3.05) is 0 Å². The normalized spacial score (nSPS) is 13.1. The second-order valence-corrected chi connectivity index (χ2v) is 5.31. The Bertz CT molecular complexity index is 503. The smallest absolute Gasteiger partial charge is 0.317 e. The van der Waals surface area contributed by atoms with E-state index in [0.29, 0.717) is 5.16 Å². The van der Waals surface area contributed by atoms with Gasteiger partial charge in [0.15, 0.2) is 5.16 Å². The minimum Gasteiger partial charge on any atom is -0.480 e. The number of para-hydroxylation sites is 2. The van der Waals surface area contributed by atoms with E-state index in [1.165, 1.54) is 11.8 Å². The molecule has 0 aliphatic rings. The van der Waals surface area contributed by atoms with Gasteiger partial charge in [-0.1, -0.05) is 37.7 Å². The van der Waals surface area contributed by atoms with Crippen LogP contribution in [0.15, 0.2) is 29.4 Å². The van der Waals surface area contributed by atoms with Crippen molar-refractivity contribution in [2.24, 2.45) is 5.92 Å². The molecule has 0 fully saturated rings. The van der Waals surface area contributed by atoms with Crippen molar-refractivity contribution < 1.29 is 9.90 Å². The van der Waals surface area contributed by atoms with Crippen LogP contribution in [0.4, 0.5) is 0 Å². The molecule has 17 heavy (non-hydrogen) atoms. The zero-order valence-electron chi connectivity index (χ0n) is 9.68. The lowest BCUT2D eigenvalue weighted by Crippen LogP contribution is -2.22. The summed E-state index contributed by atoms with van der Waals surface area (Å²) in [5.74, 6) is -0.740. The number of aromatic amines is 1. The average molecular weight is 250 g/mol. The first kappa shape index (κ1) is 12.0. The van der Waals surface area contributed by atoms with Crippen molar-refractivity contribution in [2.45, 2.75) is 24.3 Å². The van der Waals surface area contributed by atoms with E-state index in [-0.39, 0.29) is 5.92 Å². The van der Waals surface area contributed by atoms with Crippen molar-refractivity contribution in [1.82, 2.24) is 9.97 Å². The monoisotopic (exact) mass is 250 g/mol. The van der Waals surface area contributed by atoms with Crippen molar-refractivity contribution in [3.05, 3.63) is 24.3 Å². The molecule has 1 unspecified atom stereocenters. The predicted molar refractivity (Wildman–Crippen MR) is 68.2 cm³/mol. The zero-order chi connectivity index (χ0) is 12.4. The Hall–Kier alpha value is -1.49. The van der Waals surface area contributed by atoms with E-state index in [0.717, 1.165) is 11.0 Å². The average Bonchev–Trinajstić information content (AvgIpc) is 2.67. The number of carboxylic acids is 1. The second-order valence-electron chi connectivity index (χ2n) is 4.18. The van der Waals surface area contributed by atoms with Gasteiger partial charge in [0.1, 0.15) is 5.25 Å². The Morgan fingerprint density at radius 1 is 1.41 bits per heavy atom. The van der Waals surface area contributed by atoms with Crippen LogP contribution in [0.1, 0.15) is 13.8 Å². The van der Waals surface area contributed by atoms with Gasteiger partial charge in [0.05, 0.1) is 11.0 Å². The molecule has 5 heteroatoms. The van der Waals surface area contributed by atoms with Crippen molar-refractivity contribution in [3.8, 4) is 0 Å². The number of nitrogens with zero attached hydrogens (tertiary/aromatic N) is 1. The Morgan fingerprint density at radius 3 is 2.71 bits per heavy atom. The van der Waals surface area contributed by atoms with Gasteiger partial charge in [0, 0.05) is 0 Å². The Morgan fingerprint density at radius 2 is 2.12 bits per heavy atom. The number of hydrogen-bond acceptors (Lipinski definition) is 3. The van der Waals surface area contributed by atoms with Gasteiger partial charge in [-0.05, 0) is 18.1 Å². The molecule has 2 aromatic rings. The number of rotatable bonds is 4. The molecule has 2 rings (SSSR count). The van der Waals surface area contributed by atoms with Gasteiger partial charge in [0.2, 0.25) is 0 Å². The molecule has 0 spiro atoms. The zero-order valence-corrected chi connectivity index (χ0v) is 10.5. The van der Waals surface area contributed by atoms with E-state index in [2.05, 4.69) is 9.97 Å². The van der Waals surface area contributed by atoms with Crippen LogP contribution in [0.2, 0.25) is 0 Å². The fourth-order valence-electron chi connectivity index (χ4n) is 1.58. The minimum atomic E-state index is -0.801. The van der Waals surface area contributed by atoms with Crippen LogP contribution < -0.4 is 0 Å². The standard InChI is InChI=1S/C12H14N2O2S/c1-7(2)10(11(15)16)17-12-13-8-5-3-4-6-9(8)14-12/h3-7,10H,1-2H3,(H,13,14)(H,15,16). The van der Waals surface area contributed by atoms with Crippen LogP contribution >= 0.6 is 11.8 Å². The largest absolute Gasteiger partial charge is 0.480 e. The Kier molecular flexibility index (Phi) is 3.38. The van der Waals surface area contributed by atoms with E-state index in [1.54, 1.807) is 0 Å². The highest BCUT2D eigenvalue weighted by atomic mass is 32.2. The van der Waals surface area contributed by atoms with Gasteiger partial charge in [0.25, 0.3) is 0 Å². The number of aliphatic carboxylic acids is 1. The summed E-state index contributed by atoms with van der Waals surface area (Å²) in [6, 6.07) is 7.67. The lowest BCUT2D eigenvalue weighted by atomic mass is 10.1. The third-order valence-corrected chi connectivity index (χ3v) is 3.87. The fourth-order valence-corrected chi connectivity index (χ4v) is 2.51. The number of benzene rings is 1. The molecule has 1 aromatic heterocycles. The third kappa shape index (κ3) is 2.61. The number of carbonyl (C=O) groups is 1. The maximum Gasteiger partial charge on any atom is 0.317 e. The molecule has 1 heterocycles. The molecule has 0 saturated carbocycles. The van der Waals surface area contributed by atoms with E-state index >= 15 is 0 Å². The summed E-state index contributed by atoms with van der Waals surface area (Å²) in [5, 5.41) is 9.30. The Labute approximate surface area is 103 Å². The van der Waals surface area contributed by atoms with E-state index in [1.807, 2.05) is 38.1 Å². The Balaban J connectivity index is 2.25. The molecule has 0 amide bonds. The van der Waals surface area contributed by atoms with Crippen LogP contribution in [-0.4, -0.2) is 26.3 Å². The summed E-state index contributed by atoms with van der Waals surface area (Å²) in [5.41, 5.74) is 1.80. The molecule has 0 radical (unpaired) electrons. The highest BCUT2D eigenvalue weighted by Crippen LogP contribution is 2.27. The first-order valence-corrected chi connectivity index (χ1v) is 6.30. The van der Waals surface area contributed by atoms with Crippen LogP contribution in [-0.2, 0) is 4.79 Å². The highest BCUT2D eigenvalue weighted by molar-refractivity contribution is 8.00. The summed E-state index contributed by atoms with van der Waals surface area (Å²) in [6.45, 7) is 3.79. The molecule has 1 atom stereocenters. The summed E-state index contributed by atoms with van der Waals surface area (Å²) in [6.07, 6.45) is 0. The molecular formula is C12H14N2O2S. The minimum absolute atomic E-state index is 0.0608. The molecule has 4 nitrogen and oxygen atoms in total. The first-order valence-electron chi connectivity index (χ1n) is 5.42. The molecule has 0 bridgehead atoms. The van der Waals surface area contributed by atoms with Gasteiger partial charge in [-0.3, -0.25) is 4.79 Å². The molecule has 0 aliphatic carbocycles. The number of H-pyrrole nitrogens is 1. The maximum atomic E-state index is 11.1. The number of fused-ring (bicyclic) bond motifs is 1. The lowest BCUT2D eigenvalue weighted by Gasteiger charge is -2.13. The number of imidazole rings is 1. The summed E-state index contributed by atoms with van der Waals surface area (Å²) < 4.78 is 0. The molecule has 0 saturated heterocycles. The van der Waals surface area contributed by atoms with Gasteiger partial charge in [-0.25, -0.2) is 4.98 Å². The maximum absolute atomic E-state index is 11.1. The van der Waals surface area contributed by atoms with Gasteiger partial charge < -0.3 is 10.1 Å². The number of aromatic nitrogens is 2. The number of thioether (sulfide) groups is 1. The summed E-state index contributed by atoms with van der Waals surface area (Å²) in [4.78, 5) is 18.6. The summed E-state index contributed by atoms with van der Waals surface area (Å²) in [7, 11) is 0. The van der Waals surface area contributed by atoms with Crippen molar-refractivity contribution in [3.63, 3.8) is 0 Å². The van der Waals surface area contributed by atoms with E-state index < -0.39 is 11.2 Å². The van der Waals surface area contributed by atoms with Crippen LogP contribution in [0.3, 0.4) is 0 Å². The number of carboxylic acid groups (broad SMARTS) is 1. The second kappa shape index (κ2) is 4.79. The predicted octanol–water partition coefficient (Wildman–Crippen LogP) is 2.76. The van der Waals surface area contributed by atoms with Crippen LogP contribution in [0.25, 0.3) is 11.0 Å². The van der Waals surface area contributed by atoms with Gasteiger partial charge in [-0.2, -0.15) is 0 Å². The fraction of sp³-hybridized carbons (Fsp3) is 0.333. The van der Waals surface area contributed by atoms with Crippen molar-refractivity contribution >= 4 is 28.8 Å². The molecule has 90 valence electrons. The molecule has 0 aliphatic heterocycles. The molecule has 2 N–H and O–H groups in total. The SMILES string of the molecule is CC(C)C(Sc1nc2ccccc2[nH]1)C(=O)O. The van der Waals surface area contributed by atoms with Crippen molar-refractivity contribution in [1.29, 1.82) is 0 Å². The van der Waals surface area contributed by atoms with E-state index in [9.17, 15) is 4.79 Å². The topological polar surface area (TPSA) is 66.0 Å². The first-order chi connectivity index (χ1) is 8.08. The summed E-state index contributed by atoms with van der Waals surface area (Å²) >= 11 is 1.26. The van der Waals surface area contributed by atoms with Crippen LogP contribution in [0.5, 0.6) is 0 Å². The van der Waals surface area contributed by atoms with Gasteiger partial charge >= 0.3 is 5.97 Å². The van der Waals surface area contributed by atoms with Crippen LogP contribution in [0, 0.1) is 5.92 Å². The number of nitrogens with one attached hydrogen (secondary N) is 1. The lowest BCUT2D eigenvalue weighted by molar-refractivity contribution is -0.137. The van der Waals surface area contributed by atoms with Gasteiger partial charge in [-0.15, -0.1) is 0 Å². The number of hydrogen-bond donors (Lipinski definition) is 2.